The number of ketones is 1. The minimum absolute atomic E-state index is 0.142. The second-order valence-corrected chi connectivity index (χ2v) is 6.34. The molecule has 0 spiro atoms. The Morgan fingerprint density at radius 3 is 2.64 bits per heavy atom. The van der Waals surface area contributed by atoms with E-state index in [-0.39, 0.29) is 11.6 Å². The summed E-state index contributed by atoms with van der Waals surface area (Å²) in [4.78, 5) is 22.5. The number of rotatable bonds is 7. The Bertz CT molecular complexity index is 1040. The Morgan fingerprint density at radius 1 is 1.25 bits per heavy atom. The van der Waals surface area contributed by atoms with Crippen LogP contribution in [0.3, 0.4) is 0 Å². The molecule has 2 aromatic carbocycles. The first-order chi connectivity index (χ1) is 13.5. The van der Waals surface area contributed by atoms with Crippen molar-refractivity contribution in [2.45, 2.75) is 6.54 Å². The molecule has 28 heavy (non-hydrogen) atoms. The molecule has 0 N–H and O–H groups in total. The molecular weight excluding hydrogens is 382 g/mol. The second-order valence-electron chi connectivity index (χ2n) is 5.90. The maximum atomic E-state index is 12.3. The van der Waals surface area contributed by atoms with Crippen molar-refractivity contribution in [1.29, 1.82) is 0 Å². The number of hydrogen-bond acceptors (Lipinski definition) is 5. The molecule has 0 saturated heterocycles. The zero-order chi connectivity index (χ0) is 20.1. The minimum atomic E-state index is -0.546. The third kappa shape index (κ3) is 4.63. The highest BCUT2D eigenvalue weighted by atomic mass is 35.5. The molecule has 1 heterocycles. The van der Waals surface area contributed by atoms with Crippen molar-refractivity contribution in [2.75, 3.05) is 7.11 Å². The van der Waals surface area contributed by atoms with Gasteiger partial charge in [-0.2, -0.15) is 4.68 Å². The van der Waals surface area contributed by atoms with Crippen molar-refractivity contribution in [1.82, 2.24) is 9.78 Å². The van der Waals surface area contributed by atoms with E-state index >= 15 is 0 Å². The van der Waals surface area contributed by atoms with Gasteiger partial charge in [0.2, 0.25) is 0 Å². The van der Waals surface area contributed by atoms with Crippen molar-refractivity contribution >= 4 is 29.3 Å². The molecule has 7 nitrogen and oxygen atoms in total. The van der Waals surface area contributed by atoms with Crippen molar-refractivity contribution in [3.05, 3.63) is 92.6 Å². The number of benzene rings is 2. The first kappa shape index (κ1) is 19.3. The molecule has 1 aromatic heterocycles. The summed E-state index contributed by atoms with van der Waals surface area (Å²) >= 11 is 5.84. The van der Waals surface area contributed by atoms with Crippen LogP contribution >= 0.6 is 11.6 Å². The van der Waals surface area contributed by atoms with E-state index in [1.54, 1.807) is 43.5 Å². The molecule has 3 aromatic rings. The molecule has 0 radical (unpaired) electrons. The van der Waals surface area contributed by atoms with E-state index in [1.165, 1.54) is 23.0 Å². The van der Waals surface area contributed by atoms with E-state index in [0.29, 0.717) is 22.9 Å². The predicted molar refractivity (Wildman–Crippen MR) is 106 cm³/mol. The standard InChI is InChI=1S/C20H16ClN3O4/c1-28-19-9-3-14(2-8-18(25)15-4-6-17(21)7-5-15)12-16(19)13-23-11-10-20(22-23)24(26)27/h2-12H,13H2,1H3/b8-2+. The maximum absolute atomic E-state index is 12.3. The van der Waals surface area contributed by atoms with Crippen LogP contribution in [-0.4, -0.2) is 27.6 Å². The van der Waals surface area contributed by atoms with Crippen LogP contribution in [0.1, 0.15) is 21.5 Å². The average molecular weight is 398 g/mol. The molecule has 8 heteroatoms. The van der Waals surface area contributed by atoms with Crippen LogP contribution in [0.2, 0.25) is 5.02 Å². The van der Waals surface area contributed by atoms with E-state index < -0.39 is 4.92 Å². The highest BCUT2D eigenvalue weighted by molar-refractivity contribution is 6.30. The Morgan fingerprint density at radius 2 is 2.00 bits per heavy atom. The fraction of sp³-hybridized carbons (Fsp3) is 0.100. The molecule has 0 aliphatic heterocycles. The smallest absolute Gasteiger partial charge is 0.389 e. The zero-order valence-electron chi connectivity index (χ0n) is 14.9. The number of carbonyl (C=O) groups is 1. The third-order valence-electron chi connectivity index (χ3n) is 4.01. The number of halogens is 1. The summed E-state index contributed by atoms with van der Waals surface area (Å²) in [5, 5.41) is 15.3. The highest BCUT2D eigenvalue weighted by Gasteiger charge is 2.13. The highest BCUT2D eigenvalue weighted by Crippen LogP contribution is 2.22. The molecule has 0 aliphatic carbocycles. The van der Waals surface area contributed by atoms with Gasteiger partial charge in [-0.1, -0.05) is 23.7 Å². The van der Waals surface area contributed by atoms with E-state index in [1.807, 2.05) is 12.1 Å². The summed E-state index contributed by atoms with van der Waals surface area (Å²) in [5.41, 5.74) is 2.11. The van der Waals surface area contributed by atoms with Gasteiger partial charge in [0.25, 0.3) is 0 Å². The lowest BCUT2D eigenvalue weighted by atomic mass is 10.1. The Hall–Kier alpha value is -3.45. The largest absolute Gasteiger partial charge is 0.496 e. The molecule has 142 valence electrons. The molecular formula is C20H16ClN3O4. The fourth-order valence-corrected chi connectivity index (χ4v) is 2.74. The monoisotopic (exact) mass is 397 g/mol. The number of carbonyl (C=O) groups excluding carboxylic acids is 1. The van der Waals surface area contributed by atoms with Gasteiger partial charge < -0.3 is 14.9 Å². The van der Waals surface area contributed by atoms with Gasteiger partial charge in [-0.3, -0.25) is 4.79 Å². The van der Waals surface area contributed by atoms with Gasteiger partial charge in [0.15, 0.2) is 5.78 Å². The SMILES string of the molecule is COc1ccc(/C=C/C(=O)c2ccc(Cl)cc2)cc1Cn1ccc([N+](=O)[O-])n1. The average Bonchev–Trinajstić information content (AvgIpc) is 3.16. The summed E-state index contributed by atoms with van der Waals surface area (Å²) in [6.45, 7) is 0.295. The number of allylic oxidation sites excluding steroid dienone is 1. The maximum Gasteiger partial charge on any atom is 0.389 e. The number of nitrogens with zero attached hydrogens (tertiary/aromatic N) is 3. The lowest BCUT2D eigenvalue weighted by molar-refractivity contribution is -0.389. The quantitative estimate of drug-likeness (QED) is 0.255. The fourth-order valence-electron chi connectivity index (χ4n) is 2.62. The van der Waals surface area contributed by atoms with Gasteiger partial charge >= 0.3 is 5.82 Å². The first-order valence-electron chi connectivity index (χ1n) is 8.29. The number of aromatic nitrogens is 2. The van der Waals surface area contributed by atoms with Crippen molar-refractivity contribution < 1.29 is 14.5 Å². The topological polar surface area (TPSA) is 87.3 Å². The van der Waals surface area contributed by atoms with E-state index in [9.17, 15) is 14.9 Å². The normalized spacial score (nSPS) is 10.9. The summed E-state index contributed by atoms with van der Waals surface area (Å²) in [6.07, 6.45) is 4.71. The number of hydrogen-bond donors (Lipinski definition) is 0. The zero-order valence-corrected chi connectivity index (χ0v) is 15.7. The van der Waals surface area contributed by atoms with Crippen molar-refractivity contribution in [2.24, 2.45) is 0 Å². The van der Waals surface area contributed by atoms with Gasteiger partial charge in [-0.05, 0) is 53.0 Å². The third-order valence-corrected chi connectivity index (χ3v) is 4.26. The van der Waals surface area contributed by atoms with Crippen molar-refractivity contribution in [3.63, 3.8) is 0 Å². The number of ether oxygens (including phenoxy) is 1. The van der Waals surface area contributed by atoms with Gasteiger partial charge in [-0.15, -0.1) is 0 Å². The Labute approximate surface area is 166 Å². The lowest BCUT2D eigenvalue weighted by Crippen LogP contribution is -2.03. The van der Waals surface area contributed by atoms with Crippen LogP contribution in [0.25, 0.3) is 6.08 Å². The molecule has 0 amide bonds. The van der Waals surface area contributed by atoms with Crippen LogP contribution in [0.15, 0.2) is 60.8 Å². The molecule has 0 bridgehead atoms. The van der Waals surface area contributed by atoms with Crippen LogP contribution in [-0.2, 0) is 6.54 Å². The van der Waals surface area contributed by atoms with E-state index in [4.69, 9.17) is 16.3 Å². The molecule has 0 aliphatic rings. The van der Waals surface area contributed by atoms with Crippen molar-refractivity contribution in [3.8, 4) is 5.75 Å². The molecule has 0 fully saturated rings. The predicted octanol–water partition coefficient (Wildman–Crippen LogP) is 4.40. The van der Waals surface area contributed by atoms with Crippen LogP contribution in [0.4, 0.5) is 5.82 Å². The van der Waals surface area contributed by atoms with E-state index in [2.05, 4.69) is 5.10 Å². The van der Waals surface area contributed by atoms with Crippen LogP contribution < -0.4 is 4.74 Å². The van der Waals surface area contributed by atoms with Crippen LogP contribution in [0, 0.1) is 10.1 Å². The molecule has 3 rings (SSSR count). The molecule has 0 saturated carbocycles. The molecule has 0 atom stereocenters. The van der Waals surface area contributed by atoms with Gasteiger partial charge in [0.1, 0.15) is 5.75 Å². The minimum Gasteiger partial charge on any atom is -0.496 e. The molecule has 0 unspecified atom stereocenters. The lowest BCUT2D eigenvalue weighted by Gasteiger charge is -2.08. The summed E-state index contributed by atoms with van der Waals surface area (Å²) in [5.74, 6) is 0.264. The van der Waals surface area contributed by atoms with Gasteiger partial charge in [0.05, 0.1) is 31.0 Å². The Kier molecular flexibility index (Phi) is 5.86. The first-order valence-corrected chi connectivity index (χ1v) is 8.67. The summed E-state index contributed by atoms with van der Waals surface area (Å²) < 4.78 is 6.82. The number of nitro groups is 1. The van der Waals surface area contributed by atoms with Crippen LogP contribution in [0.5, 0.6) is 5.75 Å². The number of methoxy groups -OCH3 is 1. The Balaban J connectivity index is 1.80. The van der Waals surface area contributed by atoms with E-state index in [0.717, 1.165) is 11.1 Å². The van der Waals surface area contributed by atoms with Gasteiger partial charge in [0, 0.05) is 16.1 Å². The summed E-state index contributed by atoms with van der Waals surface area (Å²) in [7, 11) is 1.55. The summed E-state index contributed by atoms with van der Waals surface area (Å²) in [6, 6.07) is 13.4. The van der Waals surface area contributed by atoms with Gasteiger partial charge in [-0.25, -0.2) is 0 Å². The second kappa shape index (κ2) is 8.49.